The van der Waals surface area contributed by atoms with Gasteiger partial charge in [-0.3, -0.25) is 4.79 Å². The zero-order valence-electron chi connectivity index (χ0n) is 10.5. The number of anilines is 1. The van der Waals surface area contributed by atoms with E-state index in [2.05, 4.69) is 53.1 Å². The van der Waals surface area contributed by atoms with Gasteiger partial charge in [0.2, 0.25) is 0 Å². The monoisotopic (exact) mass is 490 g/mol. The lowest BCUT2D eigenvalue weighted by Crippen LogP contribution is -2.18. The largest absolute Gasteiger partial charge is 0.389 e. The van der Waals surface area contributed by atoms with Crippen LogP contribution in [-0.4, -0.2) is 10.9 Å². The molecule has 0 bridgehead atoms. The minimum Gasteiger partial charge on any atom is -0.389 e. The van der Waals surface area contributed by atoms with E-state index in [-0.39, 0.29) is 10.9 Å². The molecule has 21 heavy (non-hydrogen) atoms. The lowest BCUT2D eigenvalue weighted by molar-refractivity contribution is 0.102. The second kappa shape index (κ2) is 7.00. The van der Waals surface area contributed by atoms with Gasteiger partial charge in [-0.15, -0.1) is 0 Å². The minimum atomic E-state index is -0.251. The zero-order chi connectivity index (χ0) is 15.6. The molecule has 3 nitrogen and oxygen atoms in total. The number of hydrogen-bond acceptors (Lipinski definition) is 2. The van der Waals surface area contributed by atoms with Crippen molar-refractivity contribution in [1.29, 1.82) is 0 Å². The molecule has 2 aromatic rings. The van der Waals surface area contributed by atoms with Crippen molar-refractivity contribution < 1.29 is 4.79 Å². The standard InChI is InChI=1S/C14H9Br3N2OS/c15-7-2-4-11(17)10(5-7)14(20)19-12-6-8(16)1-3-9(12)13(18)21/h1-6H,(H2,18,21)(H,19,20). The highest BCUT2D eigenvalue weighted by atomic mass is 79.9. The topological polar surface area (TPSA) is 55.1 Å². The average molecular weight is 493 g/mol. The summed E-state index contributed by atoms with van der Waals surface area (Å²) in [4.78, 5) is 12.6. The molecule has 0 aliphatic heterocycles. The van der Waals surface area contributed by atoms with E-state index in [0.717, 1.165) is 8.95 Å². The maximum absolute atomic E-state index is 12.4. The van der Waals surface area contributed by atoms with Crippen molar-refractivity contribution in [2.24, 2.45) is 5.73 Å². The molecule has 0 aliphatic carbocycles. The lowest BCUT2D eigenvalue weighted by Gasteiger charge is -2.12. The molecule has 0 fully saturated rings. The van der Waals surface area contributed by atoms with Gasteiger partial charge in [-0.25, -0.2) is 0 Å². The molecule has 0 heterocycles. The van der Waals surface area contributed by atoms with E-state index in [1.54, 1.807) is 24.3 Å². The highest BCUT2D eigenvalue weighted by molar-refractivity contribution is 9.11. The third kappa shape index (κ3) is 4.12. The van der Waals surface area contributed by atoms with Crippen molar-refractivity contribution in [3.8, 4) is 0 Å². The van der Waals surface area contributed by atoms with Gasteiger partial charge in [0.1, 0.15) is 4.99 Å². The number of carbonyl (C=O) groups excluding carboxylic acids is 1. The molecule has 0 saturated carbocycles. The fraction of sp³-hybridized carbons (Fsp3) is 0. The fourth-order valence-electron chi connectivity index (χ4n) is 1.70. The van der Waals surface area contributed by atoms with Crippen LogP contribution in [0.1, 0.15) is 15.9 Å². The Morgan fingerprint density at radius 3 is 2.29 bits per heavy atom. The first-order valence-corrected chi connectivity index (χ1v) is 8.53. The van der Waals surface area contributed by atoms with E-state index >= 15 is 0 Å². The van der Waals surface area contributed by atoms with Crippen LogP contribution in [0.3, 0.4) is 0 Å². The van der Waals surface area contributed by atoms with Crippen molar-refractivity contribution in [2.45, 2.75) is 0 Å². The molecule has 0 aliphatic rings. The molecule has 2 rings (SSSR count). The molecule has 0 atom stereocenters. The summed E-state index contributed by atoms with van der Waals surface area (Å²) in [5.74, 6) is -0.251. The van der Waals surface area contributed by atoms with E-state index in [9.17, 15) is 4.79 Å². The van der Waals surface area contributed by atoms with Crippen LogP contribution < -0.4 is 11.1 Å². The first kappa shape index (κ1) is 16.6. The number of amides is 1. The van der Waals surface area contributed by atoms with E-state index in [4.69, 9.17) is 18.0 Å². The summed E-state index contributed by atoms with van der Waals surface area (Å²) in [5, 5.41) is 2.83. The van der Waals surface area contributed by atoms with Crippen LogP contribution in [0.2, 0.25) is 0 Å². The fourth-order valence-corrected chi connectivity index (χ4v) is 3.02. The lowest BCUT2D eigenvalue weighted by atomic mass is 10.1. The highest BCUT2D eigenvalue weighted by Gasteiger charge is 2.14. The normalized spacial score (nSPS) is 10.2. The van der Waals surface area contributed by atoms with Crippen LogP contribution in [0.5, 0.6) is 0 Å². The third-order valence-corrected chi connectivity index (χ3v) is 4.57. The number of hydrogen-bond donors (Lipinski definition) is 2. The number of nitrogens with one attached hydrogen (secondary N) is 1. The Morgan fingerprint density at radius 1 is 1.00 bits per heavy atom. The summed E-state index contributed by atoms with van der Waals surface area (Å²) < 4.78 is 2.35. The van der Waals surface area contributed by atoms with Crippen molar-refractivity contribution in [1.82, 2.24) is 0 Å². The van der Waals surface area contributed by atoms with Crippen molar-refractivity contribution in [2.75, 3.05) is 5.32 Å². The molecule has 0 spiro atoms. The van der Waals surface area contributed by atoms with Crippen LogP contribution in [0, 0.1) is 0 Å². The number of rotatable bonds is 3. The molecule has 7 heteroatoms. The molecule has 108 valence electrons. The van der Waals surface area contributed by atoms with Crippen molar-refractivity contribution >= 4 is 76.6 Å². The average Bonchev–Trinajstić information content (AvgIpc) is 2.41. The number of nitrogens with two attached hydrogens (primary N) is 1. The number of benzene rings is 2. The Hall–Kier alpha value is -0.760. The molecular weight excluding hydrogens is 484 g/mol. The van der Waals surface area contributed by atoms with Crippen LogP contribution in [0.4, 0.5) is 5.69 Å². The predicted molar refractivity (Wildman–Crippen MR) is 99.8 cm³/mol. The molecule has 0 unspecified atom stereocenters. The summed E-state index contributed by atoms with van der Waals surface area (Å²) in [6.07, 6.45) is 0. The molecule has 2 aromatic carbocycles. The Labute approximate surface area is 152 Å². The summed E-state index contributed by atoms with van der Waals surface area (Å²) in [7, 11) is 0. The van der Waals surface area contributed by atoms with Gasteiger partial charge in [0.15, 0.2) is 0 Å². The summed E-state index contributed by atoms with van der Waals surface area (Å²) in [5.41, 5.74) is 7.38. The summed E-state index contributed by atoms with van der Waals surface area (Å²) in [6.45, 7) is 0. The van der Waals surface area contributed by atoms with E-state index in [0.29, 0.717) is 21.3 Å². The molecule has 0 saturated heterocycles. The Bertz CT molecular complexity index is 734. The van der Waals surface area contributed by atoms with Gasteiger partial charge in [0.05, 0.1) is 11.3 Å². The van der Waals surface area contributed by atoms with E-state index < -0.39 is 0 Å². The van der Waals surface area contributed by atoms with Crippen LogP contribution in [-0.2, 0) is 0 Å². The third-order valence-electron chi connectivity index (χ3n) is 2.67. The number of carbonyl (C=O) groups is 1. The molecule has 0 aromatic heterocycles. The summed E-state index contributed by atoms with van der Waals surface area (Å²) in [6, 6.07) is 10.7. The second-order valence-corrected chi connectivity index (χ2v) is 7.26. The smallest absolute Gasteiger partial charge is 0.256 e. The second-order valence-electron chi connectivity index (χ2n) is 4.13. The van der Waals surface area contributed by atoms with Crippen LogP contribution >= 0.6 is 60.0 Å². The SMILES string of the molecule is NC(=S)c1ccc(Br)cc1NC(=O)c1cc(Br)ccc1Br. The van der Waals surface area contributed by atoms with Crippen LogP contribution in [0.25, 0.3) is 0 Å². The van der Waals surface area contributed by atoms with Gasteiger partial charge in [-0.2, -0.15) is 0 Å². The number of halogens is 3. The molecule has 1 amide bonds. The Kier molecular flexibility index (Phi) is 5.54. The highest BCUT2D eigenvalue weighted by Crippen LogP contribution is 2.25. The minimum absolute atomic E-state index is 0.228. The van der Waals surface area contributed by atoms with E-state index in [1.165, 1.54) is 0 Å². The first-order valence-electron chi connectivity index (χ1n) is 5.74. The Balaban J connectivity index is 2.38. The Morgan fingerprint density at radius 2 is 1.62 bits per heavy atom. The first-order chi connectivity index (χ1) is 9.88. The summed E-state index contributed by atoms with van der Waals surface area (Å²) >= 11 is 15.1. The molecular formula is C14H9Br3N2OS. The van der Waals surface area contributed by atoms with Gasteiger partial charge in [-0.1, -0.05) is 44.1 Å². The van der Waals surface area contributed by atoms with Crippen molar-refractivity contribution in [3.05, 3.63) is 60.9 Å². The maximum atomic E-state index is 12.4. The predicted octanol–water partition coefficient (Wildman–Crippen LogP) is 4.86. The van der Waals surface area contributed by atoms with Gasteiger partial charge in [-0.05, 0) is 52.3 Å². The zero-order valence-corrected chi connectivity index (χ0v) is 16.1. The maximum Gasteiger partial charge on any atom is 0.256 e. The van der Waals surface area contributed by atoms with Gasteiger partial charge >= 0.3 is 0 Å². The van der Waals surface area contributed by atoms with Gasteiger partial charge in [0, 0.05) is 19.0 Å². The van der Waals surface area contributed by atoms with Crippen molar-refractivity contribution in [3.63, 3.8) is 0 Å². The molecule has 3 N–H and O–H groups in total. The quantitative estimate of drug-likeness (QED) is 0.602. The van der Waals surface area contributed by atoms with E-state index in [1.807, 2.05) is 12.1 Å². The van der Waals surface area contributed by atoms with Gasteiger partial charge in [0.25, 0.3) is 5.91 Å². The molecule has 0 radical (unpaired) electrons. The van der Waals surface area contributed by atoms with Gasteiger partial charge < -0.3 is 11.1 Å². The number of thiocarbonyl (C=S) groups is 1. The van der Waals surface area contributed by atoms with Crippen LogP contribution in [0.15, 0.2) is 49.8 Å².